The van der Waals surface area contributed by atoms with Crippen LogP contribution < -0.4 is 4.74 Å². The van der Waals surface area contributed by atoms with Crippen LogP contribution in [0.5, 0.6) is 5.75 Å². The first kappa shape index (κ1) is 19.9. The molecular weight excluding hydrogens is 364 g/mol. The highest BCUT2D eigenvalue weighted by molar-refractivity contribution is 7.92. The molecule has 0 radical (unpaired) electrons. The summed E-state index contributed by atoms with van der Waals surface area (Å²) in [5, 5.41) is 0. The van der Waals surface area contributed by atoms with E-state index in [1.54, 1.807) is 31.4 Å². The molecule has 0 aliphatic carbocycles. The minimum Gasteiger partial charge on any atom is -0.497 e. The molecule has 2 aromatic carbocycles. The Morgan fingerprint density at radius 2 is 1.74 bits per heavy atom. The van der Waals surface area contributed by atoms with Crippen LogP contribution in [0.2, 0.25) is 0 Å². The summed E-state index contributed by atoms with van der Waals surface area (Å²) in [5.41, 5.74) is 1.24. The lowest BCUT2D eigenvalue weighted by atomic mass is 10.1. The van der Waals surface area contributed by atoms with Gasteiger partial charge in [-0.2, -0.15) is 0 Å². The average Bonchev–Trinajstić information content (AvgIpc) is 3.04. The van der Waals surface area contributed by atoms with Gasteiger partial charge < -0.3 is 14.2 Å². The third-order valence-electron chi connectivity index (χ3n) is 4.93. The van der Waals surface area contributed by atoms with Crippen LogP contribution in [0.25, 0.3) is 0 Å². The Balaban J connectivity index is 1.56. The van der Waals surface area contributed by atoms with Gasteiger partial charge >= 0.3 is 0 Å². The Kier molecular flexibility index (Phi) is 6.19. The standard InChI is InChI=1S/C21H26O5S/c1-15-4-10-19(11-5-15)27(22,23)21-12-16(2)20(26-21)14-25-13-17-6-8-18(24-3)9-7-17/h4-11,16,20-21H,12-14H2,1-3H3/t16-,20-,21?/m0/s1. The summed E-state index contributed by atoms with van der Waals surface area (Å²) in [5.74, 6) is 0.918. The topological polar surface area (TPSA) is 61.8 Å². The first-order valence-corrected chi connectivity index (χ1v) is 10.6. The smallest absolute Gasteiger partial charge is 0.205 e. The van der Waals surface area contributed by atoms with Crippen molar-refractivity contribution in [1.82, 2.24) is 0 Å². The highest BCUT2D eigenvalue weighted by atomic mass is 32.2. The molecule has 5 nitrogen and oxygen atoms in total. The highest BCUT2D eigenvalue weighted by Gasteiger charge is 2.40. The van der Waals surface area contributed by atoms with E-state index in [0.717, 1.165) is 16.9 Å². The minimum absolute atomic E-state index is 0.117. The predicted octanol–water partition coefficient (Wildman–Crippen LogP) is 3.75. The molecule has 146 valence electrons. The molecule has 1 aliphatic rings. The zero-order valence-corrected chi connectivity index (χ0v) is 16.7. The lowest BCUT2D eigenvalue weighted by molar-refractivity contribution is -0.0108. The van der Waals surface area contributed by atoms with Crippen molar-refractivity contribution in [2.75, 3.05) is 13.7 Å². The zero-order valence-electron chi connectivity index (χ0n) is 15.9. The van der Waals surface area contributed by atoms with E-state index >= 15 is 0 Å². The van der Waals surface area contributed by atoms with Crippen LogP contribution >= 0.6 is 0 Å². The Hall–Kier alpha value is -1.89. The van der Waals surface area contributed by atoms with Gasteiger partial charge in [0.1, 0.15) is 5.75 Å². The van der Waals surface area contributed by atoms with E-state index in [9.17, 15) is 8.42 Å². The number of benzene rings is 2. The molecular formula is C21H26O5S. The predicted molar refractivity (Wildman–Crippen MR) is 103 cm³/mol. The second-order valence-electron chi connectivity index (χ2n) is 7.04. The molecule has 1 fully saturated rings. The molecule has 1 aliphatic heterocycles. The molecule has 0 aromatic heterocycles. The van der Waals surface area contributed by atoms with Crippen molar-refractivity contribution in [3.8, 4) is 5.75 Å². The van der Waals surface area contributed by atoms with Gasteiger partial charge in [0.25, 0.3) is 0 Å². The number of ether oxygens (including phenoxy) is 3. The van der Waals surface area contributed by atoms with Gasteiger partial charge in [-0.05, 0) is 49.1 Å². The molecule has 0 spiro atoms. The summed E-state index contributed by atoms with van der Waals surface area (Å²) in [4.78, 5) is 0.310. The summed E-state index contributed by atoms with van der Waals surface area (Å²) in [6.07, 6.45) is 0.251. The molecule has 1 unspecified atom stereocenters. The van der Waals surface area contributed by atoms with E-state index in [2.05, 4.69) is 0 Å². The van der Waals surface area contributed by atoms with Crippen molar-refractivity contribution >= 4 is 9.84 Å². The fourth-order valence-corrected chi connectivity index (χ4v) is 4.80. The van der Waals surface area contributed by atoms with Gasteiger partial charge in [0.15, 0.2) is 5.44 Å². The van der Waals surface area contributed by atoms with Crippen LogP contribution in [0.4, 0.5) is 0 Å². The lowest BCUT2D eigenvalue weighted by Gasteiger charge is -2.16. The summed E-state index contributed by atoms with van der Waals surface area (Å²) in [6.45, 7) is 4.76. The van der Waals surface area contributed by atoms with Crippen LogP contribution in [-0.2, 0) is 25.9 Å². The molecule has 1 heterocycles. The monoisotopic (exact) mass is 390 g/mol. The maximum atomic E-state index is 12.8. The molecule has 3 rings (SSSR count). The molecule has 0 saturated carbocycles. The van der Waals surface area contributed by atoms with Gasteiger partial charge in [-0.3, -0.25) is 0 Å². The van der Waals surface area contributed by atoms with E-state index in [0.29, 0.717) is 24.5 Å². The van der Waals surface area contributed by atoms with Gasteiger partial charge in [-0.15, -0.1) is 0 Å². The van der Waals surface area contributed by atoms with Crippen LogP contribution in [0.1, 0.15) is 24.5 Å². The van der Waals surface area contributed by atoms with Crippen molar-refractivity contribution in [2.45, 2.75) is 43.3 Å². The molecule has 1 saturated heterocycles. The fourth-order valence-electron chi connectivity index (χ4n) is 3.14. The van der Waals surface area contributed by atoms with E-state index in [4.69, 9.17) is 14.2 Å². The Morgan fingerprint density at radius 3 is 2.37 bits per heavy atom. The lowest BCUT2D eigenvalue weighted by Crippen LogP contribution is -2.24. The van der Waals surface area contributed by atoms with Crippen molar-refractivity contribution < 1.29 is 22.6 Å². The molecule has 0 bridgehead atoms. The molecule has 3 atom stereocenters. The van der Waals surface area contributed by atoms with Gasteiger partial charge in [-0.25, -0.2) is 8.42 Å². The van der Waals surface area contributed by atoms with Crippen molar-refractivity contribution in [3.05, 3.63) is 59.7 Å². The van der Waals surface area contributed by atoms with Gasteiger partial charge in [0.05, 0.1) is 31.3 Å². The summed E-state index contributed by atoms with van der Waals surface area (Å²) in [7, 11) is -1.87. The van der Waals surface area contributed by atoms with Crippen molar-refractivity contribution in [1.29, 1.82) is 0 Å². The zero-order chi connectivity index (χ0) is 19.4. The minimum atomic E-state index is -3.50. The average molecular weight is 391 g/mol. The maximum absolute atomic E-state index is 12.8. The third kappa shape index (κ3) is 4.69. The number of hydrogen-bond donors (Lipinski definition) is 0. The second kappa shape index (κ2) is 8.42. The highest BCUT2D eigenvalue weighted by Crippen LogP contribution is 2.33. The molecule has 0 amide bonds. The number of sulfone groups is 1. The number of methoxy groups -OCH3 is 1. The van der Waals surface area contributed by atoms with Crippen molar-refractivity contribution in [3.63, 3.8) is 0 Å². The Bertz CT molecular complexity index is 843. The van der Waals surface area contributed by atoms with Gasteiger partial charge in [-0.1, -0.05) is 36.8 Å². The van der Waals surface area contributed by atoms with Crippen LogP contribution in [-0.4, -0.2) is 33.7 Å². The van der Waals surface area contributed by atoms with E-state index in [-0.39, 0.29) is 12.0 Å². The summed E-state index contributed by atoms with van der Waals surface area (Å²) >= 11 is 0. The van der Waals surface area contributed by atoms with E-state index in [1.165, 1.54) is 0 Å². The van der Waals surface area contributed by atoms with Crippen molar-refractivity contribution in [2.24, 2.45) is 5.92 Å². The molecule has 27 heavy (non-hydrogen) atoms. The molecule has 0 N–H and O–H groups in total. The Morgan fingerprint density at radius 1 is 1.07 bits per heavy atom. The third-order valence-corrected chi connectivity index (χ3v) is 6.86. The van der Waals surface area contributed by atoms with Crippen LogP contribution in [0, 0.1) is 12.8 Å². The molecule has 6 heteroatoms. The van der Waals surface area contributed by atoms with Crippen LogP contribution in [0.3, 0.4) is 0 Å². The molecule has 2 aromatic rings. The SMILES string of the molecule is COc1ccc(COC[C@@H]2OC(S(=O)(=O)c3ccc(C)cc3)C[C@@H]2C)cc1. The van der Waals surface area contributed by atoms with E-state index in [1.807, 2.05) is 38.1 Å². The quantitative estimate of drug-likeness (QED) is 0.721. The first-order valence-electron chi connectivity index (χ1n) is 9.07. The largest absolute Gasteiger partial charge is 0.497 e. The first-order chi connectivity index (χ1) is 12.9. The van der Waals surface area contributed by atoms with Gasteiger partial charge in [0, 0.05) is 0 Å². The number of rotatable bonds is 7. The van der Waals surface area contributed by atoms with E-state index < -0.39 is 15.3 Å². The van der Waals surface area contributed by atoms with Gasteiger partial charge in [0.2, 0.25) is 9.84 Å². The Labute approximate surface area is 161 Å². The maximum Gasteiger partial charge on any atom is 0.205 e. The normalized spacial score (nSPS) is 22.7. The fraction of sp³-hybridized carbons (Fsp3) is 0.429. The second-order valence-corrected chi connectivity index (χ2v) is 9.13. The number of aryl methyl sites for hydroxylation is 1. The van der Waals surface area contributed by atoms with Crippen LogP contribution in [0.15, 0.2) is 53.4 Å². The number of hydrogen-bond acceptors (Lipinski definition) is 5. The summed E-state index contributed by atoms with van der Waals surface area (Å²) in [6, 6.07) is 14.6. The summed E-state index contributed by atoms with van der Waals surface area (Å²) < 4.78 is 42.4.